The van der Waals surface area contributed by atoms with Crippen LogP contribution in [-0.4, -0.2) is 30.4 Å². The van der Waals surface area contributed by atoms with Crippen molar-refractivity contribution in [1.29, 1.82) is 0 Å². The molecule has 1 aromatic heterocycles. The summed E-state index contributed by atoms with van der Waals surface area (Å²) in [7, 11) is -2.01. The minimum atomic E-state index is -3.89. The first-order chi connectivity index (χ1) is 15.3. The number of nitrogens with one attached hydrogen (secondary N) is 2. The van der Waals surface area contributed by atoms with Crippen molar-refractivity contribution >= 4 is 38.6 Å². The summed E-state index contributed by atoms with van der Waals surface area (Å²) in [5.41, 5.74) is 3.04. The predicted octanol–water partition coefficient (Wildman–Crippen LogP) is 3.49. The molecule has 2 N–H and O–H groups in total. The lowest BCUT2D eigenvalue weighted by molar-refractivity contribution is -0.120. The third kappa shape index (κ3) is 4.67. The molecule has 164 valence electrons. The molecule has 1 amide bonds. The van der Waals surface area contributed by atoms with E-state index in [2.05, 4.69) is 15.0 Å². The van der Waals surface area contributed by atoms with Gasteiger partial charge in [0.1, 0.15) is 5.82 Å². The van der Waals surface area contributed by atoms with Gasteiger partial charge in [-0.15, -0.1) is 0 Å². The number of halogens is 1. The summed E-state index contributed by atoms with van der Waals surface area (Å²) in [4.78, 5) is 16.8. The van der Waals surface area contributed by atoms with Crippen LogP contribution in [0.2, 0.25) is 5.02 Å². The van der Waals surface area contributed by atoms with E-state index in [1.807, 2.05) is 48.0 Å². The molecule has 7 nitrogen and oxygen atoms in total. The number of hydrogen-bond acceptors (Lipinski definition) is 4. The Morgan fingerprint density at radius 2 is 1.75 bits per heavy atom. The van der Waals surface area contributed by atoms with E-state index in [4.69, 9.17) is 11.6 Å². The highest BCUT2D eigenvalue weighted by atomic mass is 35.5. The second-order valence-corrected chi connectivity index (χ2v) is 9.38. The molecule has 3 aromatic carbocycles. The van der Waals surface area contributed by atoms with Crippen LogP contribution >= 0.6 is 11.6 Å². The van der Waals surface area contributed by atoms with Crippen molar-refractivity contribution in [2.45, 2.75) is 11.4 Å². The predicted molar refractivity (Wildman–Crippen MR) is 125 cm³/mol. The van der Waals surface area contributed by atoms with Gasteiger partial charge in [-0.3, -0.25) is 4.79 Å². The Bertz CT molecular complexity index is 1390. The van der Waals surface area contributed by atoms with Crippen molar-refractivity contribution < 1.29 is 13.2 Å². The second kappa shape index (κ2) is 9.12. The topological polar surface area (TPSA) is 93.1 Å². The first-order valence-corrected chi connectivity index (χ1v) is 11.7. The zero-order chi connectivity index (χ0) is 22.7. The van der Waals surface area contributed by atoms with Crippen molar-refractivity contribution in [2.75, 3.05) is 6.54 Å². The lowest BCUT2D eigenvalue weighted by atomic mass is 10.2. The van der Waals surface area contributed by atoms with Crippen molar-refractivity contribution in [3.8, 4) is 11.4 Å². The second-order valence-electron chi connectivity index (χ2n) is 7.20. The Morgan fingerprint density at radius 1 is 1.03 bits per heavy atom. The van der Waals surface area contributed by atoms with Gasteiger partial charge in [0.15, 0.2) is 0 Å². The smallest absolute Gasteiger partial charge is 0.241 e. The number of sulfonamides is 1. The molecular formula is C23H21ClN4O3S. The molecule has 0 radical (unpaired) electrons. The van der Waals surface area contributed by atoms with E-state index in [1.54, 1.807) is 24.3 Å². The molecule has 0 bridgehead atoms. The van der Waals surface area contributed by atoms with Gasteiger partial charge in [0, 0.05) is 24.2 Å². The number of imidazole rings is 1. The Labute approximate surface area is 191 Å². The molecule has 0 atom stereocenters. The van der Waals surface area contributed by atoms with Gasteiger partial charge in [0.2, 0.25) is 15.9 Å². The Hall–Kier alpha value is -3.20. The number of carbonyl (C=O) groups is 1. The van der Waals surface area contributed by atoms with Gasteiger partial charge in [0.25, 0.3) is 0 Å². The highest BCUT2D eigenvalue weighted by Crippen LogP contribution is 2.25. The molecule has 0 unspecified atom stereocenters. The molecule has 1 heterocycles. The average Bonchev–Trinajstić information content (AvgIpc) is 3.14. The van der Waals surface area contributed by atoms with Gasteiger partial charge in [0.05, 0.1) is 22.5 Å². The molecule has 0 spiro atoms. The number of rotatable bonds is 7. The van der Waals surface area contributed by atoms with E-state index in [-0.39, 0.29) is 18.0 Å². The quantitative estimate of drug-likeness (QED) is 0.434. The number of aryl methyl sites for hydroxylation is 1. The standard InChI is InChI=1S/C23H21ClN4O3S/c1-28-21-12-11-18(13-20(21)27-23(28)16-7-3-2-4-8-16)32(30,31)26-15-22(29)25-14-17-9-5-6-10-19(17)24/h2-13,26H,14-15H2,1H3,(H,25,29). The van der Waals surface area contributed by atoms with E-state index in [0.29, 0.717) is 10.5 Å². The SMILES string of the molecule is Cn1c(-c2ccccc2)nc2cc(S(=O)(=O)NCC(=O)NCc3ccccc3Cl)ccc21. The highest BCUT2D eigenvalue weighted by molar-refractivity contribution is 7.89. The lowest BCUT2D eigenvalue weighted by Crippen LogP contribution is -2.36. The zero-order valence-electron chi connectivity index (χ0n) is 17.2. The van der Waals surface area contributed by atoms with Crippen molar-refractivity contribution in [1.82, 2.24) is 19.6 Å². The largest absolute Gasteiger partial charge is 0.351 e. The van der Waals surface area contributed by atoms with Crippen LogP contribution in [0.3, 0.4) is 0 Å². The Kier molecular flexibility index (Phi) is 6.27. The molecule has 0 aliphatic carbocycles. The number of fused-ring (bicyclic) bond motifs is 1. The normalized spacial score (nSPS) is 11.6. The third-order valence-corrected chi connectivity index (χ3v) is 6.82. The van der Waals surface area contributed by atoms with Crippen molar-refractivity contribution in [3.63, 3.8) is 0 Å². The summed E-state index contributed by atoms with van der Waals surface area (Å²) in [6.45, 7) is -0.176. The van der Waals surface area contributed by atoms with Crippen molar-refractivity contribution in [3.05, 3.63) is 83.4 Å². The summed E-state index contributed by atoms with van der Waals surface area (Å²) < 4.78 is 29.7. The van der Waals surface area contributed by atoms with E-state index >= 15 is 0 Å². The van der Waals surface area contributed by atoms with Crippen LogP contribution in [0.4, 0.5) is 0 Å². The molecule has 0 saturated carbocycles. The number of amides is 1. The number of hydrogen-bond donors (Lipinski definition) is 2. The van der Waals surface area contributed by atoms with E-state index < -0.39 is 15.9 Å². The molecule has 0 aliphatic heterocycles. The average molecular weight is 469 g/mol. The maximum atomic E-state index is 12.7. The Balaban J connectivity index is 1.47. The van der Waals surface area contributed by atoms with E-state index in [1.165, 1.54) is 12.1 Å². The first-order valence-electron chi connectivity index (χ1n) is 9.87. The molecular weight excluding hydrogens is 448 g/mol. The van der Waals surface area contributed by atoms with Crippen LogP contribution in [0.1, 0.15) is 5.56 Å². The maximum absolute atomic E-state index is 12.7. The van der Waals surface area contributed by atoms with Crippen LogP contribution < -0.4 is 10.0 Å². The minimum absolute atomic E-state index is 0.0432. The fourth-order valence-corrected chi connectivity index (χ4v) is 4.54. The molecule has 32 heavy (non-hydrogen) atoms. The lowest BCUT2D eigenvalue weighted by Gasteiger charge is -2.09. The maximum Gasteiger partial charge on any atom is 0.241 e. The van der Waals surface area contributed by atoms with Gasteiger partial charge in [-0.1, -0.05) is 60.1 Å². The summed E-state index contributed by atoms with van der Waals surface area (Å²) >= 11 is 6.07. The van der Waals surface area contributed by atoms with Crippen LogP contribution in [0, 0.1) is 0 Å². The van der Waals surface area contributed by atoms with Crippen LogP contribution in [0.5, 0.6) is 0 Å². The number of nitrogens with zero attached hydrogens (tertiary/aromatic N) is 2. The van der Waals surface area contributed by atoms with Crippen LogP contribution in [-0.2, 0) is 28.4 Å². The molecule has 0 aliphatic rings. The first kappa shape index (κ1) is 22.0. The summed E-state index contributed by atoms with van der Waals surface area (Å²) in [6.07, 6.45) is 0. The highest BCUT2D eigenvalue weighted by Gasteiger charge is 2.18. The molecule has 4 aromatic rings. The summed E-state index contributed by atoms with van der Waals surface area (Å²) in [6, 6.07) is 21.5. The third-order valence-electron chi connectivity index (χ3n) is 5.05. The minimum Gasteiger partial charge on any atom is -0.351 e. The number of benzene rings is 3. The fourth-order valence-electron chi connectivity index (χ4n) is 3.33. The van der Waals surface area contributed by atoms with Gasteiger partial charge < -0.3 is 9.88 Å². The molecule has 0 saturated heterocycles. The van der Waals surface area contributed by atoms with Gasteiger partial charge in [-0.25, -0.2) is 18.1 Å². The summed E-state index contributed by atoms with van der Waals surface area (Å²) in [5, 5.41) is 3.19. The van der Waals surface area contributed by atoms with Crippen LogP contribution in [0.15, 0.2) is 77.7 Å². The van der Waals surface area contributed by atoms with E-state index in [9.17, 15) is 13.2 Å². The number of carbonyl (C=O) groups excluding carboxylic acids is 1. The molecule has 0 fully saturated rings. The van der Waals surface area contributed by atoms with Gasteiger partial charge >= 0.3 is 0 Å². The fraction of sp³-hybridized carbons (Fsp3) is 0.130. The summed E-state index contributed by atoms with van der Waals surface area (Å²) in [5.74, 6) is 0.279. The molecule has 9 heteroatoms. The van der Waals surface area contributed by atoms with Gasteiger partial charge in [-0.05, 0) is 29.8 Å². The van der Waals surface area contributed by atoms with Gasteiger partial charge in [-0.2, -0.15) is 0 Å². The molecule has 4 rings (SSSR count). The monoisotopic (exact) mass is 468 g/mol. The Morgan fingerprint density at radius 3 is 2.50 bits per heavy atom. The van der Waals surface area contributed by atoms with Crippen LogP contribution in [0.25, 0.3) is 22.4 Å². The zero-order valence-corrected chi connectivity index (χ0v) is 18.8. The van der Waals surface area contributed by atoms with Crippen molar-refractivity contribution in [2.24, 2.45) is 7.05 Å². The van der Waals surface area contributed by atoms with E-state index in [0.717, 1.165) is 22.5 Å². The number of aromatic nitrogens is 2.